The molecule has 0 saturated heterocycles. The van der Waals surface area contributed by atoms with Crippen LogP contribution in [0, 0.1) is 0 Å². The molecule has 1 heterocycles. The molecule has 0 spiro atoms. The predicted octanol–water partition coefficient (Wildman–Crippen LogP) is 5.74. The molecule has 0 amide bonds. The highest BCUT2D eigenvalue weighted by atomic mass is 79.9. The monoisotopic (exact) mass is 481 g/mol. The molecule has 1 unspecified atom stereocenters. The maximum Gasteiger partial charge on any atom is 0.133 e. The fourth-order valence-corrected chi connectivity index (χ4v) is 4.69. The zero-order valence-corrected chi connectivity index (χ0v) is 16.6. The van der Waals surface area contributed by atoms with Gasteiger partial charge in [-0.05, 0) is 85.5 Å². The molecule has 0 radical (unpaired) electrons. The molecule has 2 nitrogen and oxygen atoms in total. The topological polar surface area (TPSA) is 21.3 Å². The second-order valence-electron chi connectivity index (χ2n) is 4.11. The summed E-state index contributed by atoms with van der Waals surface area (Å²) in [4.78, 5) is 1.25. The Labute approximate surface area is 148 Å². The van der Waals surface area contributed by atoms with Crippen molar-refractivity contribution in [2.24, 2.45) is 0 Å². The zero-order valence-electron chi connectivity index (χ0n) is 11.0. The van der Waals surface area contributed by atoms with E-state index in [0.717, 1.165) is 18.5 Å². The zero-order chi connectivity index (χ0) is 14.7. The number of hydrogen-bond acceptors (Lipinski definition) is 3. The van der Waals surface area contributed by atoms with Gasteiger partial charge in [0, 0.05) is 9.35 Å². The first kappa shape index (κ1) is 16.5. The van der Waals surface area contributed by atoms with E-state index in [2.05, 4.69) is 71.3 Å². The van der Waals surface area contributed by atoms with Crippen LogP contribution in [0.15, 0.2) is 37.0 Å². The molecule has 1 aromatic carbocycles. The van der Waals surface area contributed by atoms with Gasteiger partial charge in [-0.15, -0.1) is 11.3 Å². The number of hydrogen-bond donors (Lipinski definition) is 1. The van der Waals surface area contributed by atoms with Crippen LogP contribution >= 0.6 is 59.1 Å². The van der Waals surface area contributed by atoms with E-state index in [1.807, 2.05) is 20.0 Å². The smallest absolute Gasteiger partial charge is 0.133 e. The fraction of sp³-hybridized carbons (Fsp3) is 0.286. The van der Waals surface area contributed by atoms with Gasteiger partial charge in [-0.1, -0.05) is 6.07 Å². The highest BCUT2D eigenvalue weighted by molar-refractivity contribution is 9.13. The lowest BCUT2D eigenvalue weighted by molar-refractivity contribution is 0.338. The van der Waals surface area contributed by atoms with E-state index in [-0.39, 0.29) is 6.04 Å². The lowest BCUT2D eigenvalue weighted by atomic mass is 10.1. The Morgan fingerprint density at radius 2 is 1.95 bits per heavy atom. The first-order valence-electron chi connectivity index (χ1n) is 6.11. The molecule has 0 bridgehead atoms. The van der Waals surface area contributed by atoms with Crippen molar-refractivity contribution in [3.63, 3.8) is 0 Å². The number of ether oxygens (including phenoxy) is 1. The summed E-state index contributed by atoms with van der Waals surface area (Å²) in [7, 11) is 1.97. The van der Waals surface area contributed by atoms with E-state index < -0.39 is 0 Å². The van der Waals surface area contributed by atoms with E-state index in [9.17, 15) is 0 Å². The number of rotatable bonds is 5. The van der Waals surface area contributed by atoms with Crippen LogP contribution in [0.2, 0.25) is 0 Å². The second kappa shape index (κ2) is 7.40. The minimum atomic E-state index is 0.162. The molecule has 108 valence electrons. The highest BCUT2D eigenvalue weighted by Gasteiger charge is 2.17. The maximum absolute atomic E-state index is 5.55. The molecule has 2 aromatic rings. The summed E-state index contributed by atoms with van der Waals surface area (Å²) in [6, 6.07) is 8.51. The van der Waals surface area contributed by atoms with Crippen LogP contribution < -0.4 is 10.1 Å². The van der Waals surface area contributed by atoms with Crippen molar-refractivity contribution in [3.05, 3.63) is 47.4 Å². The Bertz CT molecular complexity index is 581. The Hall–Kier alpha value is 0.120. The Morgan fingerprint density at radius 3 is 2.45 bits per heavy atom. The molecule has 1 aromatic heterocycles. The van der Waals surface area contributed by atoms with Crippen LogP contribution in [-0.4, -0.2) is 13.7 Å². The van der Waals surface area contributed by atoms with Gasteiger partial charge in [0.2, 0.25) is 0 Å². The Kier molecular flexibility index (Phi) is 6.10. The summed E-state index contributed by atoms with van der Waals surface area (Å²) in [5, 5.41) is 3.36. The third-order valence-corrected chi connectivity index (χ3v) is 6.77. The van der Waals surface area contributed by atoms with Gasteiger partial charge in [-0.2, -0.15) is 0 Å². The Balaban J connectivity index is 2.34. The first-order valence-corrected chi connectivity index (χ1v) is 9.30. The molecular weight excluding hydrogens is 470 g/mol. The molecule has 20 heavy (non-hydrogen) atoms. The molecule has 0 aliphatic rings. The van der Waals surface area contributed by atoms with Crippen molar-refractivity contribution in [2.75, 3.05) is 13.7 Å². The summed E-state index contributed by atoms with van der Waals surface area (Å²) < 4.78 is 8.73. The van der Waals surface area contributed by atoms with Crippen molar-refractivity contribution in [3.8, 4) is 5.75 Å². The summed E-state index contributed by atoms with van der Waals surface area (Å²) in [6.45, 7) is 2.65. The van der Waals surface area contributed by atoms with Crippen molar-refractivity contribution in [1.29, 1.82) is 0 Å². The SMILES string of the molecule is CCOc1ccc(C(NC)c2cc(Br)c(Br)s2)cc1Br. The van der Waals surface area contributed by atoms with Gasteiger partial charge < -0.3 is 10.1 Å². The average molecular weight is 484 g/mol. The van der Waals surface area contributed by atoms with Crippen LogP contribution in [0.5, 0.6) is 5.75 Å². The van der Waals surface area contributed by atoms with Crippen LogP contribution in [-0.2, 0) is 0 Å². The first-order chi connectivity index (χ1) is 9.56. The van der Waals surface area contributed by atoms with Crippen molar-refractivity contribution >= 4 is 59.1 Å². The molecule has 2 rings (SSSR count). The van der Waals surface area contributed by atoms with Crippen molar-refractivity contribution in [1.82, 2.24) is 5.32 Å². The summed E-state index contributed by atoms with van der Waals surface area (Å²) >= 11 is 12.4. The molecule has 1 N–H and O–H groups in total. The van der Waals surface area contributed by atoms with Crippen LogP contribution in [0.25, 0.3) is 0 Å². The lowest BCUT2D eigenvalue weighted by Crippen LogP contribution is -2.16. The quantitative estimate of drug-likeness (QED) is 0.585. The summed E-state index contributed by atoms with van der Waals surface area (Å²) in [5.41, 5.74) is 1.20. The second-order valence-corrected chi connectivity index (χ2v) is 8.23. The normalized spacial score (nSPS) is 12.4. The molecule has 0 aliphatic heterocycles. The van der Waals surface area contributed by atoms with E-state index in [1.54, 1.807) is 11.3 Å². The van der Waals surface area contributed by atoms with E-state index in [4.69, 9.17) is 4.74 Å². The molecule has 0 saturated carbocycles. The van der Waals surface area contributed by atoms with E-state index in [0.29, 0.717) is 6.61 Å². The van der Waals surface area contributed by atoms with Gasteiger partial charge in [0.1, 0.15) is 5.75 Å². The van der Waals surface area contributed by atoms with Crippen molar-refractivity contribution in [2.45, 2.75) is 13.0 Å². The fourth-order valence-electron chi connectivity index (χ4n) is 1.95. The lowest BCUT2D eigenvalue weighted by Gasteiger charge is -2.16. The number of nitrogens with one attached hydrogen (secondary N) is 1. The van der Waals surface area contributed by atoms with Gasteiger partial charge in [-0.3, -0.25) is 0 Å². The average Bonchev–Trinajstić information content (AvgIpc) is 2.73. The third-order valence-electron chi connectivity index (χ3n) is 2.83. The Morgan fingerprint density at radius 1 is 1.20 bits per heavy atom. The molecule has 0 fully saturated rings. The van der Waals surface area contributed by atoms with Gasteiger partial charge in [-0.25, -0.2) is 0 Å². The number of halogens is 3. The van der Waals surface area contributed by atoms with Crippen LogP contribution in [0.3, 0.4) is 0 Å². The molecule has 1 atom stereocenters. The van der Waals surface area contributed by atoms with Crippen molar-refractivity contribution < 1.29 is 4.74 Å². The highest BCUT2D eigenvalue weighted by Crippen LogP contribution is 2.38. The molecular formula is C14H14Br3NOS. The van der Waals surface area contributed by atoms with Gasteiger partial charge >= 0.3 is 0 Å². The predicted molar refractivity (Wildman–Crippen MR) is 95.9 cm³/mol. The summed E-state index contributed by atoms with van der Waals surface area (Å²) in [6.07, 6.45) is 0. The van der Waals surface area contributed by atoms with E-state index in [1.165, 1.54) is 10.4 Å². The minimum absolute atomic E-state index is 0.162. The van der Waals surface area contributed by atoms with Gasteiger partial charge in [0.05, 0.1) is 20.9 Å². The third kappa shape index (κ3) is 3.65. The standard InChI is InChI=1S/C14H14Br3NOS/c1-3-19-11-5-4-8(6-9(11)15)13(18-2)12-7-10(16)14(17)20-12/h4-7,13,18H,3H2,1-2H3. The minimum Gasteiger partial charge on any atom is -0.493 e. The molecule has 0 aliphatic carbocycles. The van der Waals surface area contributed by atoms with Crippen LogP contribution in [0.4, 0.5) is 0 Å². The number of thiophene rings is 1. The van der Waals surface area contributed by atoms with E-state index >= 15 is 0 Å². The van der Waals surface area contributed by atoms with Crippen LogP contribution in [0.1, 0.15) is 23.4 Å². The summed E-state index contributed by atoms with van der Waals surface area (Å²) in [5.74, 6) is 0.875. The van der Waals surface area contributed by atoms with Gasteiger partial charge in [0.15, 0.2) is 0 Å². The largest absolute Gasteiger partial charge is 0.493 e. The number of benzene rings is 1. The molecule has 6 heteroatoms. The maximum atomic E-state index is 5.55. The van der Waals surface area contributed by atoms with Gasteiger partial charge in [0.25, 0.3) is 0 Å².